The summed E-state index contributed by atoms with van der Waals surface area (Å²) in [6.45, 7) is 0.273. The lowest BCUT2D eigenvalue weighted by Crippen LogP contribution is -2.44. The Kier molecular flexibility index (Phi) is 5.18. The zero-order valence-electron chi connectivity index (χ0n) is 13.4. The van der Waals surface area contributed by atoms with Crippen molar-refractivity contribution in [3.63, 3.8) is 0 Å². The minimum atomic E-state index is -3.64. The molecule has 7 heteroatoms. The molecule has 0 amide bonds. The van der Waals surface area contributed by atoms with Crippen LogP contribution in [0.1, 0.15) is 38.5 Å². The molecule has 2 fully saturated rings. The van der Waals surface area contributed by atoms with Gasteiger partial charge in [-0.05, 0) is 31.4 Å². The first-order valence-corrected chi connectivity index (χ1v) is 10.3. The van der Waals surface area contributed by atoms with Gasteiger partial charge in [0.2, 0.25) is 0 Å². The summed E-state index contributed by atoms with van der Waals surface area (Å²) in [7, 11) is -3.64. The monoisotopic (exact) mass is 371 g/mol. The van der Waals surface area contributed by atoms with Crippen molar-refractivity contribution in [3.05, 3.63) is 29.3 Å². The van der Waals surface area contributed by atoms with E-state index in [0.717, 1.165) is 25.7 Å². The third kappa shape index (κ3) is 3.32. The van der Waals surface area contributed by atoms with Crippen molar-refractivity contribution in [2.24, 2.45) is 0 Å². The summed E-state index contributed by atoms with van der Waals surface area (Å²) in [5, 5.41) is 9.03. The molecule has 1 aliphatic carbocycles. The molecule has 1 saturated heterocycles. The number of carboxylic acids is 1. The van der Waals surface area contributed by atoms with Gasteiger partial charge >= 0.3 is 5.97 Å². The van der Waals surface area contributed by atoms with Crippen LogP contribution in [0.4, 0.5) is 0 Å². The fraction of sp³-hybridized carbons (Fsp3) is 0.588. The number of hydrogen-bond donors (Lipinski definition) is 1. The van der Waals surface area contributed by atoms with E-state index in [9.17, 15) is 18.3 Å². The molecule has 5 nitrogen and oxygen atoms in total. The molecule has 1 aromatic rings. The number of sulfone groups is 1. The van der Waals surface area contributed by atoms with Crippen molar-refractivity contribution in [2.45, 2.75) is 60.8 Å². The van der Waals surface area contributed by atoms with Crippen LogP contribution in [0.5, 0.6) is 0 Å². The number of likely N-dealkylation sites (tertiary alicyclic amines) is 1. The number of nitrogens with zero attached hydrogens (tertiary/aromatic N) is 1. The lowest BCUT2D eigenvalue weighted by Gasteiger charge is -2.33. The second kappa shape index (κ2) is 7.02. The summed E-state index contributed by atoms with van der Waals surface area (Å²) in [5.74, 6) is -0.933. The molecule has 1 heterocycles. The molecule has 0 aromatic heterocycles. The highest BCUT2D eigenvalue weighted by Gasteiger charge is 2.46. The molecular formula is C17H22ClNO4S. The molecule has 0 radical (unpaired) electrons. The standard InChI is InChI=1S/C17H22ClNO4S/c18-14-8-4-5-9-16(14)24(22,23)13-10-15(17(20)21)19(11-13)12-6-2-1-3-7-12/h4-5,8-9,12-13,15H,1-3,6-7,10-11H2,(H,20,21)/t13-,15+/m1/s1. The number of rotatable bonds is 4. The Morgan fingerprint density at radius 3 is 2.46 bits per heavy atom. The molecule has 3 rings (SSSR count). The molecule has 1 aliphatic heterocycles. The van der Waals surface area contributed by atoms with E-state index in [1.165, 1.54) is 12.5 Å². The highest BCUT2D eigenvalue weighted by molar-refractivity contribution is 7.92. The largest absolute Gasteiger partial charge is 0.480 e. The average molecular weight is 372 g/mol. The summed E-state index contributed by atoms with van der Waals surface area (Å²) in [5.41, 5.74) is 0. The number of aliphatic carboxylic acids is 1. The maximum Gasteiger partial charge on any atom is 0.320 e. The molecular weight excluding hydrogens is 350 g/mol. The predicted molar refractivity (Wildman–Crippen MR) is 92.0 cm³/mol. The number of halogens is 1. The summed E-state index contributed by atoms with van der Waals surface area (Å²) >= 11 is 6.06. The first-order chi connectivity index (χ1) is 11.4. The number of benzene rings is 1. The molecule has 24 heavy (non-hydrogen) atoms. The van der Waals surface area contributed by atoms with E-state index >= 15 is 0 Å². The minimum Gasteiger partial charge on any atom is -0.480 e. The van der Waals surface area contributed by atoms with E-state index < -0.39 is 27.1 Å². The Bertz CT molecular complexity index is 715. The molecule has 1 N–H and O–H groups in total. The van der Waals surface area contributed by atoms with Crippen LogP contribution in [0.25, 0.3) is 0 Å². The van der Waals surface area contributed by atoms with Gasteiger partial charge < -0.3 is 5.11 Å². The molecule has 1 saturated carbocycles. The highest BCUT2D eigenvalue weighted by atomic mass is 35.5. The lowest BCUT2D eigenvalue weighted by atomic mass is 9.94. The summed E-state index contributed by atoms with van der Waals surface area (Å²) in [4.78, 5) is 13.7. The lowest BCUT2D eigenvalue weighted by molar-refractivity contribution is -0.143. The van der Waals surface area contributed by atoms with E-state index in [4.69, 9.17) is 11.6 Å². The first-order valence-electron chi connectivity index (χ1n) is 8.38. The topological polar surface area (TPSA) is 74.7 Å². The summed E-state index contributed by atoms with van der Waals surface area (Å²) in [6.07, 6.45) is 5.35. The van der Waals surface area contributed by atoms with Crippen LogP contribution in [0.3, 0.4) is 0 Å². The Morgan fingerprint density at radius 2 is 1.83 bits per heavy atom. The van der Waals surface area contributed by atoms with Crippen LogP contribution >= 0.6 is 11.6 Å². The van der Waals surface area contributed by atoms with Crippen molar-refractivity contribution < 1.29 is 18.3 Å². The van der Waals surface area contributed by atoms with Gasteiger partial charge in [0.05, 0.1) is 15.2 Å². The smallest absolute Gasteiger partial charge is 0.320 e. The highest BCUT2D eigenvalue weighted by Crippen LogP contribution is 2.35. The molecule has 2 aliphatic rings. The second-order valence-electron chi connectivity index (χ2n) is 6.68. The fourth-order valence-electron chi connectivity index (χ4n) is 3.96. The maximum atomic E-state index is 12.9. The van der Waals surface area contributed by atoms with Gasteiger partial charge in [-0.3, -0.25) is 9.69 Å². The van der Waals surface area contributed by atoms with E-state index in [1.54, 1.807) is 18.2 Å². The van der Waals surface area contributed by atoms with Crippen molar-refractivity contribution in [1.29, 1.82) is 0 Å². The van der Waals surface area contributed by atoms with Crippen molar-refractivity contribution in [3.8, 4) is 0 Å². The zero-order chi connectivity index (χ0) is 17.3. The number of hydrogen-bond acceptors (Lipinski definition) is 4. The molecule has 0 unspecified atom stereocenters. The van der Waals surface area contributed by atoms with Crippen LogP contribution in [0, 0.1) is 0 Å². The minimum absolute atomic E-state index is 0.103. The van der Waals surface area contributed by atoms with Crippen LogP contribution in [0.2, 0.25) is 5.02 Å². The summed E-state index contributed by atoms with van der Waals surface area (Å²) < 4.78 is 25.9. The van der Waals surface area contributed by atoms with Crippen molar-refractivity contribution >= 4 is 27.4 Å². The van der Waals surface area contributed by atoms with E-state index in [-0.39, 0.29) is 28.9 Å². The van der Waals surface area contributed by atoms with Crippen LogP contribution in [0.15, 0.2) is 29.2 Å². The molecule has 132 valence electrons. The number of carbonyl (C=O) groups is 1. The van der Waals surface area contributed by atoms with Crippen LogP contribution in [-0.4, -0.2) is 48.3 Å². The Hall–Kier alpha value is -1.11. The van der Waals surface area contributed by atoms with Gasteiger partial charge in [-0.1, -0.05) is 43.0 Å². The molecule has 0 spiro atoms. The third-order valence-corrected chi connectivity index (χ3v) is 7.84. The Morgan fingerprint density at radius 1 is 1.17 bits per heavy atom. The maximum absolute atomic E-state index is 12.9. The normalized spacial score (nSPS) is 26.5. The van der Waals surface area contributed by atoms with Gasteiger partial charge in [0.25, 0.3) is 0 Å². The first kappa shape index (κ1) is 17.7. The average Bonchev–Trinajstić information content (AvgIpc) is 3.02. The summed E-state index contributed by atoms with van der Waals surface area (Å²) in [6, 6.07) is 5.82. The van der Waals surface area contributed by atoms with Gasteiger partial charge in [-0.25, -0.2) is 8.42 Å². The molecule has 1 aromatic carbocycles. The van der Waals surface area contributed by atoms with Gasteiger partial charge in [-0.15, -0.1) is 0 Å². The zero-order valence-corrected chi connectivity index (χ0v) is 15.0. The number of carboxylic acid groups (broad SMARTS) is 1. The van der Waals surface area contributed by atoms with Gasteiger partial charge in [0.15, 0.2) is 9.84 Å². The van der Waals surface area contributed by atoms with Gasteiger partial charge in [0, 0.05) is 12.6 Å². The van der Waals surface area contributed by atoms with Gasteiger partial charge in [0.1, 0.15) is 6.04 Å². The van der Waals surface area contributed by atoms with Crippen LogP contribution < -0.4 is 0 Å². The van der Waals surface area contributed by atoms with E-state index in [1.807, 2.05) is 4.90 Å². The fourth-order valence-corrected chi connectivity index (χ4v) is 6.19. The second-order valence-corrected chi connectivity index (χ2v) is 9.28. The van der Waals surface area contributed by atoms with Gasteiger partial charge in [-0.2, -0.15) is 0 Å². The third-order valence-electron chi connectivity index (χ3n) is 5.21. The van der Waals surface area contributed by atoms with Crippen LogP contribution in [-0.2, 0) is 14.6 Å². The van der Waals surface area contributed by atoms with E-state index in [0.29, 0.717) is 0 Å². The Labute approximate surface area is 147 Å². The molecule has 2 atom stereocenters. The SMILES string of the molecule is O=C(O)[C@@H]1C[C@@H](S(=O)(=O)c2ccccc2Cl)CN1C1CCCCC1. The van der Waals surface area contributed by atoms with Crippen molar-refractivity contribution in [2.75, 3.05) is 6.54 Å². The van der Waals surface area contributed by atoms with E-state index in [2.05, 4.69) is 0 Å². The predicted octanol–water partition coefficient (Wildman–Crippen LogP) is 2.97. The quantitative estimate of drug-likeness (QED) is 0.880. The van der Waals surface area contributed by atoms with Crippen molar-refractivity contribution in [1.82, 2.24) is 4.90 Å². The Balaban J connectivity index is 1.87. The molecule has 0 bridgehead atoms.